The number of rotatable bonds is 2. The molecule has 7 heteroatoms. The van der Waals surface area contributed by atoms with Gasteiger partial charge in [-0.05, 0) is 0 Å². The van der Waals surface area contributed by atoms with E-state index >= 15 is 0 Å². The van der Waals surface area contributed by atoms with E-state index in [0.717, 1.165) is 0 Å². The smallest absolute Gasteiger partial charge is 0.334 e. The Bertz CT molecular complexity index is 220. The SMILES string of the molecule is NC1C(O)[C@H](O)C(CO)O[C@H]1C(=O)O. The monoisotopic (exact) mass is 207 g/mol. The topological polar surface area (TPSA) is 133 Å². The van der Waals surface area contributed by atoms with Gasteiger partial charge in [0.1, 0.15) is 18.3 Å². The van der Waals surface area contributed by atoms with Crippen molar-refractivity contribution in [2.45, 2.75) is 30.5 Å². The average molecular weight is 207 g/mol. The Morgan fingerprint density at radius 3 is 2.36 bits per heavy atom. The highest BCUT2D eigenvalue weighted by Gasteiger charge is 2.45. The minimum absolute atomic E-state index is 0.575. The van der Waals surface area contributed by atoms with Crippen molar-refractivity contribution in [3.8, 4) is 0 Å². The fourth-order valence-corrected chi connectivity index (χ4v) is 1.36. The second-order valence-corrected chi connectivity index (χ2v) is 3.17. The summed E-state index contributed by atoms with van der Waals surface area (Å²) in [7, 11) is 0. The van der Waals surface area contributed by atoms with Crippen molar-refractivity contribution < 1.29 is 30.0 Å². The van der Waals surface area contributed by atoms with Crippen molar-refractivity contribution in [2.24, 2.45) is 5.73 Å². The fourth-order valence-electron chi connectivity index (χ4n) is 1.36. The van der Waals surface area contributed by atoms with Crippen molar-refractivity contribution in [1.82, 2.24) is 0 Å². The van der Waals surface area contributed by atoms with E-state index in [1.807, 2.05) is 0 Å². The van der Waals surface area contributed by atoms with Gasteiger partial charge in [0, 0.05) is 0 Å². The summed E-state index contributed by atoms with van der Waals surface area (Å²) in [5.74, 6) is -1.33. The predicted octanol–water partition coefficient (Wildman–Crippen LogP) is -3.12. The molecule has 0 aliphatic carbocycles. The summed E-state index contributed by atoms with van der Waals surface area (Å²) < 4.78 is 4.81. The Labute approximate surface area is 79.7 Å². The molecule has 6 N–H and O–H groups in total. The number of carbonyl (C=O) groups is 1. The summed E-state index contributed by atoms with van der Waals surface area (Å²) in [4.78, 5) is 10.6. The first-order chi connectivity index (χ1) is 6.49. The third kappa shape index (κ3) is 1.86. The molecule has 0 amide bonds. The van der Waals surface area contributed by atoms with E-state index in [1.54, 1.807) is 0 Å². The quantitative estimate of drug-likeness (QED) is 0.323. The highest BCUT2D eigenvalue weighted by atomic mass is 16.5. The van der Waals surface area contributed by atoms with Crippen LogP contribution >= 0.6 is 0 Å². The van der Waals surface area contributed by atoms with Crippen LogP contribution in [0.3, 0.4) is 0 Å². The molecule has 0 aromatic rings. The maximum Gasteiger partial charge on any atom is 0.334 e. The molecule has 1 aliphatic rings. The van der Waals surface area contributed by atoms with Crippen LogP contribution in [0.2, 0.25) is 0 Å². The van der Waals surface area contributed by atoms with Crippen molar-refractivity contribution >= 4 is 5.97 Å². The van der Waals surface area contributed by atoms with Gasteiger partial charge in [0.15, 0.2) is 6.10 Å². The maximum atomic E-state index is 10.6. The molecule has 0 spiro atoms. The van der Waals surface area contributed by atoms with E-state index in [-0.39, 0.29) is 0 Å². The molecule has 0 saturated carbocycles. The van der Waals surface area contributed by atoms with Crippen LogP contribution in [-0.2, 0) is 9.53 Å². The molecule has 7 nitrogen and oxygen atoms in total. The van der Waals surface area contributed by atoms with Gasteiger partial charge in [0.25, 0.3) is 0 Å². The lowest BCUT2D eigenvalue weighted by molar-refractivity contribution is -0.202. The second-order valence-electron chi connectivity index (χ2n) is 3.17. The zero-order valence-electron chi connectivity index (χ0n) is 7.28. The number of nitrogens with two attached hydrogens (primary N) is 1. The lowest BCUT2D eigenvalue weighted by Crippen LogP contribution is -2.63. The first-order valence-electron chi connectivity index (χ1n) is 4.10. The zero-order chi connectivity index (χ0) is 10.9. The average Bonchev–Trinajstić information content (AvgIpc) is 2.14. The van der Waals surface area contributed by atoms with Crippen LogP contribution < -0.4 is 5.73 Å². The van der Waals surface area contributed by atoms with Crippen LogP contribution in [-0.4, -0.2) is 63.5 Å². The summed E-state index contributed by atoms with van der Waals surface area (Å²) in [5, 5.41) is 36.0. The number of ether oxygens (including phenoxy) is 1. The highest BCUT2D eigenvalue weighted by molar-refractivity contribution is 5.73. The minimum Gasteiger partial charge on any atom is -0.479 e. The largest absolute Gasteiger partial charge is 0.479 e. The summed E-state index contributed by atoms with van der Waals surface area (Å²) in [5.41, 5.74) is 5.33. The van der Waals surface area contributed by atoms with Crippen LogP contribution in [0, 0.1) is 0 Å². The third-order valence-corrected chi connectivity index (χ3v) is 2.22. The number of carboxylic acid groups (broad SMARTS) is 1. The number of carboxylic acids is 1. The summed E-state index contributed by atoms with van der Waals surface area (Å²) in [6.45, 7) is -0.575. The van der Waals surface area contributed by atoms with Crippen LogP contribution in [0.25, 0.3) is 0 Å². The molecular weight excluding hydrogens is 194 g/mol. The normalized spacial score (nSPS) is 43.6. The molecule has 1 fully saturated rings. The number of aliphatic carboxylic acids is 1. The van der Waals surface area contributed by atoms with Crippen molar-refractivity contribution in [3.05, 3.63) is 0 Å². The van der Waals surface area contributed by atoms with Gasteiger partial charge in [0.05, 0.1) is 12.6 Å². The molecule has 14 heavy (non-hydrogen) atoms. The van der Waals surface area contributed by atoms with Crippen LogP contribution in [0.5, 0.6) is 0 Å². The molecule has 1 rings (SSSR count). The predicted molar refractivity (Wildman–Crippen MR) is 43.4 cm³/mol. The van der Waals surface area contributed by atoms with E-state index in [0.29, 0.717) is 0 Å². The van der Waals surface area contributed by atoms with Crippen LogP contribution in [0.4, 0.5) is 0 Å². The number of aliphatic hydroxyl groups is 3. The van der Waals surface area contributed by atoms with Gasteiger partial charge in [-0.2, -0.15) is 0 Å². The summed E-state index contributed by atoms with van der Waals surface area (Å²) in [6, 6.07) is -1.20. The molecule has 3 unspecified atom stereocenters. The number of hydrogen-bond acceptors (Lipinski definition) is 6. The second kappa shape index (κ2) is 4.20. The molecule has 0 aromatic carbocycles. The lowest BCUT2D eigenvalue weighted by atomic mass is 9.93. The van der Waals surface area contributed by atoms with Gasteiger partial charge in [-0.15, -0.1) is 0 Å². The Morgan fingerprint density at radius 2 is 1.93 bits per heavy atom. The molecule has 0 radical (unpaired) electrons. The summed E-state index contributed by atoms with van der Waals surface area (Å²) in [6.07, 6.45) is -5.32. The van der Waals surface area contributed by atoms with Crippen molar-refractivity contribution in [2.75, 3.05) is 6.61 Å². The standard InChI is InChI=1S/C7H13NO6/c8-3-5(11)4(10)2(1-9)14-6(3)7(12)13/h2-6,9-11H,1,8H2,(H,12,13)/t2?,3?,4-,5?,6-/m1/s1. The fraction of sp³-hybridized carbons (Fsp3) is 0.857. The molecule has 1 heterocycles. The van der Waals surface area contributed by atoms with Gasteiger partial charge < -0.3 is 30.9 Å². The molecule has 5 atom stereocenters. The minimum atomic E-state index is -1.41. The van der Waals surface area contributed by atoms with Gasteiger partial charge in [0.2, 0.25) is 0 Å². The molecule has 0 aromatic heterocycles. The number of aliphatic hydroxyl groups excluding tert-OH is 3. The summed E-state index contributed by atoms with van der Waals surface area (Å²) >= 11 is 0. The van der Waals surface area contributed by atoms with Gasteiger partial charge >= 0.3 is 5.97 Å². The van der Waals surface area contributed by atoms with E-state index in [1.165, 1.54) is 0 Å². The Kier molecular flexibility index (Phi) is 3.40. The van der Waals surface area contributed by atoms with Crippen molar-refractivity contribution in [3.63, 3.8) is 0 Å². The van der Waals surface area contributed by atoms with E-state index < -0.39 is 43.0 Å². The number of hydrogen-bond donors (Lipinski definition) is 5. The van der Waals surface area contributed by atoms with Gasteiger partial charge in [-0.25, -0.2) is 4.79 Å². The molecular formula is C7H13NO6. The van der Waals surface area contributed by atoms with E-state index in [2.05, 4.69) is 0 Å². The third-order valence-electron chi connectivity index (χ3n) is 2.22. The van der Waals surface area contributed by atoms with Gasteiger partial charge in [-0.3, -0.25) is 0 Å². The molecule has 1 aliphatic heterocycles. The zero-order valence-corrected chi connectivity index (χ0v) is 7.28. The van der Waals surface area contributed by atoms with E-state index in [4.69, 9.17) is 20.7 Å². The first kappa shape index (κ1) is 11.3. The Hall–Kier alpha value is -0.730. The van der Waals surface area contributed by atoms with Crippen LogP contribution in [0.1, 0.15) is 0 Å². The van der Waals surface area contributed by atoms with Crippen molar-refractivity contribution in [1.29, 1.82) is 0 Å². The van der Waals surface area contributed by atoms with E-state index in [9.17, 15) is 15.0 Å². The highest BCUT2D eigenvalue weighted by Crippen LogP contribution is 2.19. The lowest BCUT2D eigenvalue weighted by Gasteiger charge is -2.38. The van der Waals surface area contributed by atoms with Crippen LogP contribution in [0.15, 0.2) is 0 Å². The Morgan fingerprint density at radius 1 is 1.36 bits per heavy atom. The molecule has 1 saturated heterocycles. The maximum absolute atomic E-state index is 10.6. The Balaban J connectivity index is 2.78. The molecule has 82 valence electrons. The molecule has 0 bridgehead atoms. The van der Waals surface area contributed by atoms with Gasteiger partial charge in [-0.1, -0.05) is 0 Å². The first-order valence-corrected chi connectivity index (χ1v) is 4.10.